The summed E-state index contributed by atoms with van der Waals surface area (Å²) in [5.74, 6) is 2.52. The highest BCUT2D eigenvalue weighted by atomic mass is 31.2. The standard InChI is InChI=1S/C35H30O4P2/c1-35(2,3)29-18-12-13-24(23-36-40-32-21-10-6-16-27(32)25-14-4-8-19-30(25)37-40)34(29)39-41-33-22-11-7-17-28(33)26-15-5-9-20-31(26)38-41/h4-22H,23H2,1-3H3. The summed E-state index contributed by atoms with van der Waals surface area (Å²) >= 11 is 0. The van der Waals surface area contributed by atoms with Gasteiger partial charge < -0.3 is 18.1 Å². The first kappa shape index (κ1) is 26.2. The van der Waals surface area contributed by atoms with Crippen LogP contribution in [0.25, 0.3) is 22.3 Å². The zero-order chi connectivity index (χ0) is 28.0. The summed E-state index contributed by atoms with van der Waals surface area (Å²) in [5.41, 5.74) is 6.45. The lowest BCUT2D eigenvalue weighted by atomic mass is 9.85. The second-order valence-electron chi connectivity index (χ2n) is 11.1. The summed E-state index contributed by atoms with van der Waals surface area (Å²) in [5, 5.41) is 2.16. The van der Waals surface area contributed by atoms with Gasteiger partial charge in [-0.15, -0.1) is 0 Å². The molecule has 2 aliphatic heterocycles. The van der Waals surface area contributed by atoms with Gasteiger partial charge >= 0.3 is 8.38 Å². The fourth-order valence-corrected chi connectivity index (χ4v) is 8.34. The highest BCUT2D eigenvalue weighted by Gasteiger charge is 2.33. The van der Waals surface area contributed by atoms with Gasteiger partial charge in [0, 0.05) is 22.3 Å². The quantitative estimate of drug-likeness (QED) is 0.196. The highest BCUT2D eigenvalue weighted by Crippen LogP contribution is 2.53. The number of hydrogen-bond acceptors (Lipinski definition) is 4. The Hall–Kier alpha value is -3.68. The molecule has 204 valence electrons. The maximum atomic E-state index is 6.92. The van der Waals surface area contributed by atoms with Crippen LogP contribution >= 0.6 is 16.8 Å². The molecule has 6 heteroatoms. The molecule has 41 heavy (non-hydrogen) atoms. The van der Waals surface area contributed by atoms with Crippen molar-refractivity contribution in [2.75, 3.05) is 0 Å². The van der Waals surface area contributed by atoms with E-state index in [4.69, 9.17) is 18.1 Å². The van der Waals surface area contributed by atoms with E-state index in [1.807, 2.05) is 48.5 Å². The fraction of sp³-hybridized carbons (Fsp3) is 0.143. The topological polar surface area (TPSA) is 36.9 Å². The Kier molecular flexibility index (Phi) is 6.79. The van der Waals surface area contributed by atoms with Crippen LogP contribution in [0.4, 0.5) is 0 Å². The van der Waals surface area contributed by atoms with Crippen molar-refractivity contribution >= 4 is 27.4 Å². The van der Waals surface area contributed by atoms with Crippen LogP contribution in [0, 0.1) is 0 Å². The molecule has 4 nitrogen and oxygen atoms in total. The third-order valence-electron chi connectivity index (χ3n) is 7.33. The first-order chi connectivity index (χ1) is 20.0. The zero-order valence-electron chi connectivity index (χ0n) is 23.2. The van der Waals surface area contributed by atoms with Crippen LogP contribution in [0.5, 0.6) is 17.2 Å². The van der Waals surface area contributed by atoms with Gasteiger partial charge in [-0.3, -0.25) is 0 Å². The number of para-hydroxylation sites is 3. The molecular formula is C35H30O4P2. The van der Waals surface area contributed by atoms with Crippen molar-refractivity contribution in [3.05, 3.63) is 126 Å². The minimum absolute atomic E-state index is 0.147. The van der Waals surface area contributed by atoms with E-state index in [0.29, 0.717) is 6.61 Å². The van der Waals surface area contributed by atoms with E-state index >= 15 is 0 Å². The molecular weight excluding hydrogens is 546 g/mol. The largest absolute Gasteiger partial charge is 0.443 e. The van der Waals surface area contributed by atoms with Gasteiger partial charge in [-0.2, -0.15) is 0 Å². The maximum Gasteiger partial charge on any atom is 0.326 e. The molecule has 0 saturated carbocycles. The zero-order valence-corrected chi connectivity index (χ0v) is 25.0. The lowest BCUT2D eigenvalue weighted by molar-refractivity contribution is 0.305. The Labute approximate surface area is 243 Å². The molecule has 5 aromatic rings. The normalized spacial score (nSPS) is 16.8. The van der Waals surface area contributed by atoms with Crippen molar-refractivity contribution in [2.45, 2.75) is 32.8 Å². The lowest BCUT2D eigenvalue weighted by Crippen LogP contribution is -2.20. The molecule has 0 amide bonds. The monoisotopic (exact) mass is 576 g/mol. The molecule has 0 radical (unpaired) electrons. The van der Waals surface area contributed by atoms with Gasteiger partial charge in [0.25, 0.3) is 8.38 Å². The average molecular weight is 577 g/mol. The molecule has 7 rings (SSSR count). The first-order valence-corrected chi connectivity index (χ1v) is 16.1. The Morgan fingerprint density at radius 2 is 1.07 bits per heavy atom. The Balaban J connectivity index is 1.23. The van der Waals surface area contributed by atoms with Gasteiger partial charge in [-0.1, -0.05) is 112 Å². The van der Waals surface area contributed by atoms with Crippen LogP contribution < -0.4 is 24.2 Å². The summed E-state index contributed by atoms with van der Waals surface area (Å²) in [6.07, 6.45) is 0. The Bertz CT molecular complexity index is 1740. The van der Waals surface area contributed by atoms with E-state index in [1.165, 1.54) is 0 Å². The third-order valence-corrected chi connectivity index (χ3v) is 10.3. The third kappa shape index (κ3) is 4.91. The van der Waals surface area contributed by atoms with Crippen LogP contribution in [0.1, 0.15) is 31.9 Å². The van der Waals surface area contributed by atoms with Crippen molar-refractivity contribution < 1.29 is 18.1 Å². The number of benzene rings is 5. The van der Waals surface area contributed by atoms with Crippen LogP contribution in [0.3, 0.4) is 0 Å². The predicted molar refractivity (Wildman–Crippen MR) is 169 cm³/mol. The Morgan fingerprint density at radius 3 is 1.68 bits per heavy atom. The molecule has 0 aromatic heterocycles. The highest BCUT2D eigenvalue weighted by molar-refractivity contribution is 7.57. The molecule has 0 aliphatic carbocycles. The Morgan fingerprint density at radius 1 is 0.561 bits per heavy atom. The van der Waals surface area contributed by atoms with E-state index in [1.54, 1.807) is 0 Å². The molecule has 0 N–H and O–H groups in total. The van der Waals surface area contributed by atoms with Gasteiger partial charge in [-0.05, 0) is 40.8 Å². The van der Waals surface area contributed by atoms with E-state index in [2.05, 4.69) is 87.5 Å². The molecule has 2 atom stereocenters. The molecule has 0 bridgehead atoms. The van der Waals surface area contributed by atoms with E-state index in [-0.39, 0.29) is 5.41 Å². The number of fused-ring (bicyclic) bond motifs is 6. The molecule has 5 aromatic carbocycles. The molecule has 0 fully saturated rings. The summed E-state index contributed by atoms with van der Waals surface area (Å²) in [6.45, 7) is 6.97. The molecule has 2 aliphatic rings. The van der Waals surface area contributed by atoms with Gasteiger partial charge in [0.15, 0.2) is 0 Å². The SMILES string of the molecule is CC(C)(C)c1cccc(COP2Oc3ccccc3-c3ccccc32)c1OP1Oc2ccccc2-c2ccccc21. The minimum atomic E-state index is -1.41. The van der Waals surface area contributed by atoms with Crippen LogP contribution in [-0.4, -0.2) is 0 Å². The smallest absolute Gasteiger partial charge is 0.326 e. The van der Waals surface area contributed by atoms with E-state index < -0.39 is 16.8 Å². The summed E-state index contributed by atoms with van der Waals surface area (Å²) in [7, 11) is -2.74. The average Bonchev–Trinajstić information content (AvgIpc) is 3.00. The summed E-state index contributed by atoms with van der Waals surface area (Å²) in [4.78, 5) is 0. The molecule has 0 spiro atoms. The first-order valence-electron chi connectivity index (χ1n) is 13.7. The van der Waals surface area contributed by atoms with Crippen LogP contribution in [0.15, 0.2) is 115 Å². The van der Waals surface area contributed by atoms with E-state index in [0.717, 1.165) is 61.2 Å². The number of hydrogen-bond donors (Lipinski definition) is 0. The lowest BCUT2D eigenvalue weighted by Gasteiger charge is -2.31. The molecule has 2 heterocycles. The molecule has 2 unspecified atom stereocenters. The van der Waals surface area contributed by atoms with Crippen molar-refractivity contribution in [2.24, 2.45) is 0 Å². The van der Waals surface area contributed by atoms with Crippen LogP contribution in [0.2, 0.25) is 0 Å². The maximum absolute atomic E-state index is 6.92. The van der Waals surface area contributed by atoms with Crippen molar-refractivity contribution in [1.82, 2.24) is 0 Å². The predicted octanol–water partition coefficient (Wildman–Crippen LogP) is 9.27. The second kappa shape index (κ2) is 10.6. The van der Waals surface area contributed by atoms with Gasteiger partial charge in [0.2, 0.25) is 0 Å². The second-order valence-corrected chi connectivity index (χ2v) is 13.9. The van der Waals surface area contributed by atoms with Gasteiger partial charge in [0.05, 0.1) is 17.2 Å². The van der Waals surface area contributed by atoms with Crippen molar-refractivity contribution in [1.29, 1.82) is 0 Å². The minimum Gasteiger partial charge on any atom is -0.443 e. The van der Waals surface area contributed by atoms with Crippen molar-refractivity contribution in [3.63, 3.8) is 0 Å². The van der Waals surface area contributed by atoms with Gasteiger partial charge in [0.1, 0.15) is 17.2 Å². The van der Waals surface area contributed by atoms with Crippen molar-refractivity contribution in [3.8, 4) is 39.5 Å². The summed E-state index contributed by atoms with van der Waals surface area (Å²) < 4.78 is 26.5. The van der Waals surface area contributed by atoms with Crippen LogP contribution in [-0.2, 0) is 16.5 Å². The van der Waals surface area contributed by atoms with E-state index in [9.17, 15) is 0 Å². The fourth-order valence-electron chi connectivity index (χ4n) is 5.31. The summed E-state index contributed by atoms with van der Waals surface area (Å²) in [6, 6.07) is 39.4. The van der Waals surface area contributed by atoms with Gasteiger partial charge in [-0.25, -0.2) is 0 Å². The molecule has 0 saturated heterocycles. The number of rotatable bonds is 5.